The number of aryl methyl sites for hydroxylation is 1. The number of nitrogens with two attached hydrogens (primary N) is 1. The molecule has 5 nitrogen and oxygen atoms in total. The highest BCUT2D eigenvalue weighted by molar-refractivity contribution is 5.66. The van der Waals surface area contributed by atoms with Gasteiger partial charge in [-0.1, -0.05) is 12.1 Å². The van der Waals surface area contributed by atoms with Crippen LogP contribution in [0.2, 0.25) is 0 Å². The minimum Gasteiger partial charge on any atom is -0.399 e. The zero-order valence-electron chi connectivity index (χ0n) is 14.4. The fourth-order valence-electron chi connectivity index (χ4n) is 3.22. The second kappa shape index (κ2) is 6.72. The van der Waals surface area contributed by atoms with E-state index >= 15 is 0 Å². The molecule has 2 heterocycles. The van der Waals surface area contributed by atoms with Gasteiger partial charge in [-0.2, -0.15) is 5.10 Å². The molecule has 0 bridgehead atoms. The van der Waals surface area contributed by atoms with E-state index in [4.69, 9.17) is 10.8 Å². The van der Waals surface area contributed by atoms with Gasteiger partial charge < -0.3 is 15.5 Å². The van der Waals surface area contributed by atoms with Crippen molar-refractivity contribution in [2.45, 2.75) is 25.9 Å². The molecule has 2 aromatic rings. The first-order chi connectivity index (χ1) is 11.0. The van der Waals surface area contributed by atoms with Gasteiger partial charge in [0, 0.05) is 48.6 Å². The van der Waals surface area contributed by atoms with Crippen LogP contribution in [0, 0.1) is 0 Å². The average Bonchev–Trinajstić information content (AvgIpc) is 2.86. The van der Waals surface area contributed by atoms with E-state index < -0.39 is 0 Å². The quantitative estimate of drug-likeness (QED) is 0.859. The largest absolute Gasteiger partial charge is 0.399 e. The van der Waals surface area contributed by atoms with Crippen molar-refractivity contribution in [3.8, 4) is 11.3 Å². The molecule has 1 aromatic heterocycles. The summed E-state index contributed by atoms with van der Waals surface area (Å²) in [6.45, 7) is 4.15. The number of benzene rings is 1. The molecule has 0 saturated heterocycles. The molecule has 0 unspecified atom stereocenters. The fourth-order valence-corrected chi connectivity index (χ4v) is 3.22. The SMILES string of the molecule is CN(C)CCCn1nc(-c2ccc(N)cc2)c2c1CCN(C)C2. The van der Waals surface area contributed by atoms with Gasteiger partial charge in [-0.15, -0.1) is 0 Å². The number of rotatable bonds is 5. The first kappa shape index (κ1) is 16.0. The molecule has 0 fully saturated rings. The van der Waals surface area contributed by atoms with E-state index in [1.807, 2.05) is 12.1 Å². The van der Waals surface area contributed by atoms with E-state index in [9.17, 15) is 0 Å². The number of hydrogen-bond donors (Lipinski definition) is 1. The molecule has 0 atom stereocenters. The van der Waals surface area contributed by atoms with Crippen LogP contribution in [0.1, 0.15) is 17.7 Å². The molecule has 3 rings (SSSR count). The first-order valence-electron chi connectivity index (χ1n) is 8.32. The van der Waals surface area contributed by atoms with Crippen LogP contribution in [-0.2, 0) is 19.5 Å². The van der Waals surface area contributed by atoms with Gasteiger partial charge in [-0.3, -0.25) is 4.68 Å². The Bertz CT molecular complexity index is 657. The number of hydrogen-bond acceptors (Lipinski definition) is 4. The van der Waals surface area contributed by atoms with Crippen LogP contribution in [0.25, 0.3) is 11.3 Å². The molecule has 23 heavy (non-hydrogen) atoms. The van der Waals surface area contributed by atoms with Crippen LogP contribution < -0.4 is 5.73 Å². The van der Waals surface area contributed by atoms with Crippen LogP contribution in [0.5, 0.6) is 0 Å². The zero-order chi connectivity index (χ0) is 16.4. The molecule has 0 amide bonds. The van der Waals surface area contributed by atoms with Crippen LogP contribution >= 0.6 is 0 Å². The van der Waals surface area contributed by atoms with Crippen molar-refractivity contribution in [1.29, 1.82) is 0 Å². The molecule has 0 aliphatic carbocycles. The Morgan fingerprint density at radius 3 is 2.65 bits per heavy atom. The molecule has 2 N–H and O–H groups in total. The highest BCUT2D eigenvalue weighted by Gasteiger charge is 2.23. The summed E-state index contributed by atoms with van der Waals surface area (Å²) >= 11 is 0. The normalized spacial score (nSPS) is 15.1. The predicted octanol–water partition coefficient (Wildman–Crippen LogP) is 2.07. The minimum absolute atomic E-state index is 0.796. The lowest BCUT2D eigenvalue weighted by molar-refractivity contribution is 0.306. The molecule has 1 aromatic carbocycles. The van der Waals surface area contributed by atoms with Gasteiger partial charge in [0.15, 0.2) is 0 Å². The van der Waals surface area contributed by atoms with Gasteiger partial charge in [-0.25, -0.2) is 0 Å². The van der Waals surface area contributed by atoms with Crippen molar-refractivity contribution in [3.63, 3.8) is 0 Å². The number of nitrogens with zero attached hydrogens (tertiary/aromatic N) is 4. The van der Waals surface area contributed by atoms with Crippen molar-refractivity contribution in [3.05, 3.63) is 35.5 Å². The smallest absolute Gasteiger partial charge is 0.0971 e. The van der Waals surface area contributed by atoms with Gasteiger partial charge >= 0.3 is 0 Å². The van der Waals surface area contributed by atoms with Gasteiger partial charge in [0.25, 0.3) is 0 Å². The summed E-state index contributed by atoms with van der Waals surface area (Å²) < 4.78 is 2.23. The Labute approximate surface area is 138 Å². The summed E-state index contributed by atoms with van der Waals surface area (Å²) in [6, 6.07) is 8.08. The number of likely N-dealkylation sites (N-methyl/N-ethyl adjacent to an activating group) is 1. The van der Waals surface area contributed by atoms with Crippen LogP contribution in [0.3, 0.4) is 0 Å². The van der Waals surface area contributed by atoms with E-state index in [0.717, 1.165) is 56.0 Å². The number of fused-ring (bicyclic) bond motifs is 1. The second-order valence-corrected chi connectivity index (χ2v) is 6.76. The third-order valence-corrected chi connectivity index (χ3v) is 4.48. The Morgan fingerprint density at radius 1 is 1.22 bits per heavy atom. The summed E-state index contributed by atoms with van der Waals surface area (Å²) in [7, 11) is 6.42. The predicted molar refractivity (Wildman–Crippen MR) is 95.3 cm³/mol. The highest BCUT2D eigenvalue weighted by atomic mass is 15.3. The van der Waals surface area contributed by atoms with Crippen molar-refractivity contribution in [2.24, 2.45) is 0 Å². The third-order valence-electron chi connectivity index (χ3n) is 4.48. The summed E-state index contributed by atoms with van der Waals surface area (Å²) in [5.74, 6) is 0. The van der Waals surface area contributed by atoms with E-state index in [2.05, 4.69) is 47.8 Å². The van der Waals surface area contributed by atoms with E-state index in [-0.39, 0.29) is 0 Å². The van der Waals surface area contributed by atoms with E-state index in [0.29, 0.717) is 0 Å². The van der Waals surface area contributed by atoms with Crippen molar-refractivity contribution in [1.82, 2.24) is 19.6 Å². The lowest BCUT2D eigenvalue weighted by Gasteiger charge is -2.23. The van der Waals surface area contributed by atoms with Crippen molar-refractivity contribution in [2.75, 3.05) is 40.0 Å². The van der Waals surface area contributed by atoms with Gasteiger partial charge in [0.2, 0.25) is 0 Å². The Hall–Kier alpha value is -1.85. The maximum absolute atomic E-state index is 5.83. The molecule has 1 aliphatic heterocycles. The summed E-state index contributed by atoms with van der Waals surface area (Å²) in [4.78, 5) is 4.60. The van der Waals surface area contributed by atoms with Crippen LogP contribution in [0.4, 0.5) is 5.69 Å². The number of anilines is 1. The average molecular weight is 313 g/mol. The topological polar surface area (TPSA) is 50.3 Å². The summed E-state index contributed by atoms with van der Waals surface area (Å²) in [6.07, 6.45) is 2.20. The molecule has 1 aliphatic rings. The Kier molecular flexibility index (Phi) is 4.68. The Balaban J connectivity index is 1.92. The minimum atomic E-state index is 0.796. The van der Waals surface area contributed by atoms with Crippen LogP contribution in [0.15, 0.2) is 24.3 Å². The van der Waals surface area contributed by atoms with Crippen molar-refractivity contribution >= 4 is 5.69 Å². The van der Waals surface area contributed by atoms with E-state index in [1.165, 1.54) is 11.3 Å². The monoisotopic (exact) mass is 313 g/mol. The van der Waals surface area contributed by atoms with Gasteiger partial charge in [0.1, 0.15) is 0 Å². The molecular formula is C18H27N5. The Morgan fingerprint density at radius 2 is 1.96 bits per heavy atom. The molecule has 0 saturated carbocycles. The molecule has 0 radical (unpaired) electrons. The number of aromatic nitrogens is 2. The van der Waals surface area contributed by atoms with Crippen LogP contribution in [-0.4, -0.2) is 53.8 Å². The molecule has 124 valence electrons. The maximum Gasteiger partial charge on any atom is 0.0971 e. The molecule has 5 heteroatoms. The first-order valence-corrected chi connectivity index (χ1v) is 8.32. The zero-order valence-corrected chi connectivity index (χ0v) is 14.4. The fraction of sp³-hybridized carbons (Fsp3) is 0.500. The number of nitrogen functional groups attached to an aromatic ring is 1. The molecular weight excluding hydrogens is 286 g/mol. The van der Waals surface area contributed by atoms with Gasteiger partial charge in [-0.05, 0) is 46.2 Å². The molecule has 0 spiro atoms. The summed E-state index contributed by atoms with van der Waals surface area (Å²) in [5.41, 5.74) is 11.7. The highest BCUT2D eigenvalue weighted by Crippen LogP contribution is 2.30. The van der Waals surface area contributed by atoms with E-state index in [1.54, 1.807) is 0 Å². The van der Waals surface area contributed by atoms with Crippen molar-refractivity contribution < 1.29 is 0 Å². The second-order valence-electron chi connectivity index (χ2n) is 6.76. The summed E-state index contributed by atoms with van der Waals surface area (Å²) in [5, 5.41) is 4.95. The lowest BCUT2D eigenvalue weighted by Crippen LogP contribution is -2.27. The lowest BCUT2D eigenvalue weighted by atomic mass is 10.0. The third kappa shape index (κ3) is 3.57. The standard InChI is InChI=1S/C18H27N5/c1-21(2)10-4-11-23-17-9-12-22(3)13-16(17)18(20-23)14-5-7-15(19)8-6-14/h5-8H,4,9-13,19H2,1-3H3. The van der Waals surface area contributed by atoms with Gasteiger partial charge in [0.05, 0.1) is 5.69 Å². The maximum atomic E-state index is 5.83.